The minimum atomic E-state index is -1.82. The van der Waals surface area contributed by atoms with Crippen molar-refractivity contribution in [3.63, 3.8) is 0 Å². The number of aliphatic hydroxyl groups is 1. The number of carboxylic acid groups (broad SMARTS) is 1. The van der Waals surface area contributed by atoms with Gasteiger partial charge < -0.3 is 10.2 Å². The van der Waals surface area contributed by atoms with Crippen LogP contribution < -0.4 is 0 Å². The molecule has 16 heavy (non-hydrogen) atoms. The van der Waals surface area contributed by atoms with E-state index in [9.17, 15) is 14.7 Å². The van der Waals surface area contributed by atoms with Crippen molar-refractivity contribution in [2.75, 3.05) is 0 Å². The summed E-state index contributed by atoms with van der Waals surface area (Å²) < 4.78 is 0. The fourth-order valence-corrected chi connectivity index (χ4v) is 2.19. The number of allylic oxidation sites excluding steroid dienone is 2. The van der Waals surface area contributed by atoms with Crippen molar-refractivity contribution in [1.82, 2.24) is 0 Å². The number of carbonyl (C=O) groups is 2. The highest BCUT2D eigenvalue weighted by Gasteiger charge is 2.41. The summed E-state index contributed by atoms with van der Waals surface area (Å²) in [6.45, 7) is 1.61. The Hall–Kier alpha value is -0.840. The summed E-state index contributed by atoms with van der Waals surface area (Å²) in [5.41, 5.74) is -1.82. The molecular formula is C10H10Cl2O4. The van der Waals surface area contributed by atoms with Crippen LogP contribution in [0.3, 0.4) is 0 Å². The van der Waals surface area contributed by atoms with Gasteiger partial charge in [0.05, 0.1) is 16.0 Å². The highest BCUT2D eigenvalue weighted by atomic mass is 35.5. The predicted octanol–water partition coefficient (Wildman–Crippen LogP) is 1.66. The largest absolute Gasteiger partial charge is 0.481 e. The topological polar surface area (TPSA) is 74.6 Å². The molecule has 0 fully saturated rings. The number of carbonyl (C=O) groups excluding carboxylic acids is 1. The molecule has 0 aromatic carbocycles. The van der Waals surface area contributed by atoms with Crippen molar-refractivity contribution >= 4 is 35.0 Å². The van der Waals surface area contributed by atoms with Gasteiger partial charge in [0.2, 0.25) is 5.78 Å². The van der Waals surface area contributed by atoms with Gasteiger partial charge in [-0.1, -0.05) is 30.1 Å². The highest BCUT2D eigenvalue weighted by Crippen LogP contribution is 2.34. The first-order valence-corrected chi connectivity index (χ1v) is 5.34. The van der Waals surface area contributed by atoms with Crippen LogP contribution in [-0.2, 0) is 9.59 Å². The molecule has 0 aromatic heterocycles. The molecule has 0 saturated carbocycles. The van der Waals surface area contributed by atoms with Crippen LogP contribution in [0.4, 0.5) is 0 Å². The maximum atomic E-state index is 11.2. The molecule has 0 spiro atoms. The Morgan fingerprint density at radius 3 is 2.19 bits per heavy atom. The summed E-state index contributed by atoms with van der Waals surface area (Å²) in [5, 5.41) is 18.5. The Balaban J connectivity index is 3.20. The average molecular weight is 265 g/mol. The zero-order valence-electron chi connectivity index (χ0n) is 8.41. The second-order valence-electron chi connectivity index (χ2n) is 3.50. The fraction of sp³-hybridized carbons (Fsp3) is 0.400. The maximum absolute atomic E-state index is 11.2. The molecule has 0 saturated heterocycles. The first-order valence-electron chi connectivity index (χ1n) is 4.58. The molecule has 0 amide bonds. The van der Waals surface area contributed by atoms with Crippen molar-refractivity contribution in [3.8, 4) is 0 Å². The zero-order valence-corrected chi connectivity index (χ0v) is 9.92. The lowest BCUT2D eigenvalue weighted by atomic mass is 9.82. The molecule has 2 N–H and O–H groups in total. The molecule has 6 heteroatoms. The average Bonchev–Trinajstić information content (AvgIpc) is 2.14. The van der Waals surface area contributed by atoms with Gasteiger partial charge in [-0.2, -0.15) is 0 Å². The molecule has 1 rings (SSSR count). The molecule has 1 aliphatic rings. The van der Waals surface area contributed by atoms with Crippen LogP contribution in [0.2, 0.25) is 0 Å². The normalized spacial score (nSPS) is 21.1. The molecule has 0 aromatic rings. The lowest BCUT2D eigenvalue weighted by Crippen LogP contribution is -2.41. The number of aliphatic carboxylic acids is 1. The van der Waals surface area contributed by atoms with Crippen LogP contribution in [0.25, 0.3) is 0 Å². The van der Waals surface area contributed by atoms with Crippen molar-refractivity contribution in [1.29, 1.82) is 0 Å². The number of Topliss-reactive ketones (excluding diaryl/α,β-unsaturated/α-hetero) is 1. The first-order chi connectivity index (χ1) is 7.31. The van der Waals surface area contributed by atoms with Crippen LogP contribution in [0, 0.1) is 5.92 Å². The molecule has 1 aliphatic carbocycles. The molecule has 0 radical (unpaired) electrons. The SMILES string of the molecule is CCC(C(=O)O)C1(O)C=C(Cl)C(=O)C(Cl)=C1. The van der Waals surface area contributed by atoms with Crippen molar-refractivity contribution in [3.05, 3.63) is 22.2 Å². The van der Waals surface area contributed by atoms with E-state index < -0.39 is 23.3 Å². The summed E-state index contributed by atoms with van der Waals surface area (Å²) in [5.74, 6) is -2.89. The van der Waals surface area contributed by atoms with E-state index >= 15 is 0 Å². The van der Waals surface area contributed by atoms with Crippen molar-refractivity contribution < 1.29 is 19.8 Å². The third-order valence-electron chi connectivity index (χ3n) is 2.41. The Morgan fingerprint density at radius 2 is 1.88 bits per heavy atom. The van der Waals surface area contributed by atoms with E-state index in [1.165, 1.54) is 0 Å². The van der Waals surface area contributed by atoms with E-state index in [1.54, 1.807) is 6.92 Å². The Labute approximate surface area is 102 Å². The third-order valence-corrected chi connectivity index (χ3v) is 2.98. The van der Waals surface area contributed by atoms with Gasteiger partial charge in [-0.3, -0.25) is 9.59 Å². The Bertz CT molecular complexity index is 376. The predicted molar refractivity (Wildman–Crippen MR) is 59.2 cm³/mol. The summed E-state index contributed by atoms with van der Waals surface area (Å²) in [4.78, 5) is 22.2. The van der Waals surface area contributed by atoms with Gasteiger partial charge in [-0.25, -0.2) is 0 Å². The van der Waals surface area contributed by atoms with Gasteiger partial charge in [0.15, 0.2) is 0 Å². The van der Waals surface area contributed by atoms with Crippen LogP contribution in [0.1, 0.15) is 13.3 Å². The summed E-state index contributed by atoms with van der Waals surface area (Å²) in [7, 11) is 0. The van der Waals surface area contributed by atoms with Crippen LogP contribution in [-0.4, -0.2) is 27.6 Å². The van der Waals surface area contributed by atoms with Gasteiger partial charge in [0.1, 0.15) is 5.60 Å². The van der Waals surface area contributed by atoms with Crippen LogP contribution >= 0.6 is 23.2 Å². The molecule has 0 bridgehead atoms. The van der Waals surface area contributed by atoms with Gasteiger partial charge in [0.25, 0.3) is 0 Å². The molecular weight excluding hydrogens is 255 g/mol. The van der Waals surface area contributed by atoms with E-state index in [-0.39, 0.29) is 16.5 Å². The smallest absolute Gasteiger partial charge is 0.310 e. The van der Waals surface area contributed by atoms with Crippen molar-refractivity contribution in [2.24, 2.45) is 5.92 Å². The second-order valence-corrected chi connectivity index (χ2v) is 4.31. The fourth-order valence-electron chi connectivity index (χ4n) is 1.59. The van der Waals surface area contributed by atoms with E-state index in [2.05, 4.69) is 0 Å². The van der Waals surface area contributed by atoms with Crippen LogP contribution in [0.15, 0.2) is 22.2 Å². The number of rotatable bonds is 3. The molecule has 4 nitrogen and oxygen atoms in total. The molecule has 0 heterocycles. The number of hydrogen-bond donors (Lipinski definition) is 2. The van der Waals surface area contributed by atoms with E-state index in [0.29, 0.717) is 0 Å². The molecule has 0 aliphatic heterocycles. The first kappa shape index (κ1) is 13.2. The maximum Gasteiger partial charge on any atom is 0.310 e. The lowest BCUT2D eigenvalue weighted by molar-refractivity contribution is -0.147. The summed E-state index contributed by atoms with van der Waals surface area (Å²) in [6, 6.07) is 0. The summed E-state index contributed by atoms with van der Waals surface area (Å²) in [6.07, 6.45) is 2.22. The number of hydrogen-bond acceptors (Lipinski definition) is 3. The number of carboxylic acids is 1. The van der Waals surface area contributed by atoms with Gasteiger partial charge in [0, 0.05) is 0 Å². The standard InChI is InChI=1S/C10H10Cl2O4/c1-2-5(9(14)15)10(16)3-6(11)8(13)7(12)4-10/h3-5,16H,2H2,1H3,(H,14,15). The minimum absolute atomic E-state index is 0.182. The number of ketones is 1. The van der Waals surface area contributed by atoms with E-state index in [0.717, 1.165) is 12.2 Å². The van der Waals surface area contributed by atoms with Gasteiger partial charge >= 0.3 is 5.97 Å². The lowest BCUT2D eigenvalue weighted by Gasteiger charge is -2.30. The zero-order chi connectivity index (χ0) is 12.5. The molecule has 88 valence electrons. The number of halogens is 2. The Morgan fingerprint density at radius 1 is 1.44 bits per heavy atom. The monoisotopic (exact) mass is 264 g/mol. The quantitative estimate of drug-likeness (QED) is 0.813. The van der Waals surface area contributed by atoms with Gasteiger partial charge in [-0.15, -0.1) is 0 Å². The van der Waals surface area contributed by atoms with Crippen LogP contribution in [0.5, 0.6) is 0 Å². The van der Waals surface area contributed by atoms with Gasteiger partial charge in [-0.05, 0) is 18.6 Å². The van der Waals surface area contributed by atoms with Crippen molar-refractivity contribution in [2.45, 2.75) is 18.9 Å². The Kier molecular flexibility index (Phi) is 3.78. The highest BCUT2D eigenvalue weighted by molar-refractivity contribution is 6.55. The second kappa shape index (κ2) is 4.57. The van der Waals surface area contributed by atoms with E-state index in [1.807, 2.05) is 0 Å². The molecule has 1 atom stereocenters. The van der Waals surface area contributed by atoms with E-state index in [4.69, 9.17) is 28.3 Å². The third kappa shape index (κ3) is 2.29. The minimum Gasteiger partial charge on any atom is -0.481 e. The summed E-state index contributed by atoms with van der Waals surface area (Å²) >= 11 is 11.2. The molecule has 1 unspecified atom stereocenters.